The lowest BCUT2D eigenvalue weighted by molar-refractivity contribution is 0.0697. The summed E-state index contributed by atoms with van der Waals surface area (Å²) >= 11 is 0. The summed E-state index contributed by atoms with van der Waals surface area (Å²) in [6.07, 6.45) is 1.70. The normalized spacial score (nSPS) is 9.90. The molecule has 108 valence electrons. The van der Waals surface area contributed by atoms with Gasteiger partial charge in [-0.25, -0.2) is 4.79 Å². The molecule has 0 spiro atoms. The Kier molecular flexibility index (Phi) is 4.99. The van der Waals surface area contributed by atoms with E-state index in [0.717, 1.165) is 17.0 Å². The first kappa shape index (κ1) is 14.7. The molecule has 0 atom stereocenters. The van der Waals surface area contributed by atoms with Gasteiger partial charge in [0.25, 0.3) is 0 Å². The zero-order chi connectivity index (χ0) is 15.1. The van der Waals surface area contributed by atoms with Crippen LogP contribution >= 0.6 is 0 Å². The highest BCUT2D eigenvalue weighted by Gasteiger charge is 2.01. The van der Waals surface area contributed by atoms with Crippen LogP contribution in [0, 0.1) is 0 Å². The molecule has 0 aromatic heterocycles. The van der Waals surface area contributed by atoms with E-state index < -0.39 is 5.97 Å². The first-order valence-electron chi connectivity index (χ1n) is 6.59. The molecular weight excluding hydrogens is 266 g/mol. The zero-order valence-electron chi connectivity index (χ0n) is 11.6. The summed E-state index contributed by atoms with van der Waals surface area (Å²) < 4.78 is 5.41. The van der Waals surface area contributed by atoms with E-state index in [1.165, 1.54) is 0 Å². The van der Waals surface area contributed by atoms with Crippen molar-refractivity contribution in [3.63, 3.8) is 0 Å². The molecule has 2 N–H and O–H groups in total. The van der Waals surface area contributed by atoms with Gasteiger partial charge >= 0.3 is 5.97 Å². The average molecular weight is 283 g/mol. The Bertz CT molecular complexity index is 603. The molecule has 0 saturated heterocycles. The summed E-state index contributed by atoms with van der Waals surface area (Å²) in [4.78, 5) is 10.8. The van der Waals surface area contributed by atoms with Gasteiger partial charge in [0.15, 0.2) is 0 Å². The van der Waals surface area contributed by atoms with E-state index in [9.17, 15) is 4.79 Å². The van der Waals surface area contributed by atoms with Crippen LogP contribution in [0.1, 0.15) is 15.9 Å². The van der Waals surface area contributed by atoms with Gasteiger partial charge < -0.3 is 15.2 Å². The lowest BCUT2D eigenvalue weighted by atomic mass is 10.2. The first-order chi connectivity index (χ1) is 10.2. The lowest BCUT2D eigenvalue weighted by Crippen LogP contribution is -2.01. The van der Waals surface area contributed by atoms with Crippen molar-refractivity contribution in [2.24, 2.45) is 0 Å². The molecule has 4 heteroatoms. The maximum Gasteiger partial charge on any atom is 0.335 e. The van der Waals surface area contributed by atoms with Crippen LogP contribution in [0.25, 0.3) is 0 Å². The quantitative estimate of drug-likeness (QED) is 0.763. The molecule has 0 aliphatic heterocycles. The Morgan fingerprint density at radius 2 is 1.81 bits per heavy atom. The number of carbonyl (C=O) groups is 1. The van der Waals surface area contributed by atoms with E-state index in [4.69, 9.17) is 9.84 Å². The Hall–Kier alpha value is -2.75. The van der Waals surface area contributed by atoms with Crippen LogP contribution in [-0.2, 0) is 6.54 Å². The average Bonchev–Trinajstić information content (AvgIpc) is 2.52. The van der Waals surface area contributed by atoms with Gasteiger partial charge in [0, 0.05) is 12.2 Å². The molecular formula is C17H17NO3. The lowest BCUT2D eigenvalue weighted by Gasteiger charge is -2.08. The summed E-state index contributed by atoms with van der Waals surface area (Å²) in [5.74, 6) is -0.110. The molecule has 0 fully saturated rings. The van der Waals surface area contributed by atoms with Gasteiger partial charge in [0.1, 0.15) is 12.4 Å². The fourth-order valence-corrected chi connectivity index (χ4v) is 1.79. The highest BCUT2D eigenvalue weighted by Crippen LogP contribution is 2.15. The third kappa shape index (κ3) is 4.38. The molecule has 2 rings (SSSR count). The smallest absolute Gasteiger partial charge is 0.335 e. The molecule has 0 amide bonds. The van der Waals surface area contributed by atoms with Crippen LogP contribution in [0.4, 0.5) is 5.69 Å². The molecule has 0 aliphatic rings. The fraction of sp³-hybridized carbons (Fsp3) is 0.118. The highest BCUT2D eigenvalue weighted by molar-refractivity contribution is 5.87. The van der Waals surface area contributed by atoms with E-state index in [-0.39, 0.29) is 5.56 Å². The maximum absolute atomic E-state index is 10.8. The van der Waals surface area contributed by atoms with E-state index in [1.54, 1.807) is 30.3 Å². The van der Waals surface area contributed by atoms with Crippen molar-refractivity contribution in [2.45, 2.75) is 6.54 Å². The molecule has 4 nitrogen and oxygen atoms in total. The van der Waals surface area contributed by atoms with Crippen LogP contribution in [0.15, 0.2) is 61.2 Å². The maximum atomic E-state index is 10.8. The van der Waals surface area contributed by atoms with Crippen molar-refractivity contribution in [3.8, 4) is 5.75 Å². The second kappa shape index (κ2) is 7.14. The summed E-state index contributed by atoms with van der Waals surface area (Å²) in [7, 11) is 0. The number of carboxylic acids is 1. The number of anilines is 1. The van der Waals surface area contributed by atoms with Gasteiger partial charge in [0.2, 0.25) is 0 Å². The fourth-order valence-electron chi connectivity index (χ4n) is 1.79. The van der Waals surface area contributed by atoms with Crippen LogP contribution in [0.5, 0.6) is 5.75 Å². The number of ether oxygens (including phenoxy) is 1. The molecule has 0 radical (unpaired) electrons. The van der Waals surface area contributed by atoms with Crippen LogP contribution in [-0.4, -0.2) is 17.7 Å². The first-order valence-corrected chi connectivity index (χ1v) is 6.59. The van der Waals surface area contributed by atoms with Gasteiger partial charge in [0.05, 0.1) is 5.56 Å². The molecule has 2 aromatic rings. The number of hydrogen-bond donors (Lipinski definition) is 2. The van der Waals surface area contributed by atoms with Crippen LogP contribution in [0.3, 0.4) is 0 Å². The molecule has 0 unspecified atom stereocenters. The highest BCUT2D eigenvalue weighted by atomic mass is 16.5. The minimum Gasteiger partial charge on any atom is -0.490 e. The largest absolute Gasteiger partial charge is 0.490 e. The van der Waals surface area contributed by atoms with Gasteiger partial charge in [-0.2, -0.15) is 0 Å². The molecule has 0 aliphatic carbocycles. The Morgan fingerprint density at radius 1 is 1.14 bits per heavy atom. The second-order valence-corrected chi connectivity index (χ2v) is 4.48. The molecule has 0 heterocycles. The molecule has 0 bridgehead atoms. The topological polar surface area (TPSA) is 58.6 Å². The minimum absolute atomic E-state index is 0.282. The monoisotopic (exact) mass is 283 g/mol. The van der Waals surface area contributed by atoms with Gasteiger partial charge in [-0.1, -0.05) is 24.8 Å². The van der Waals surface area contributed by atoms with Gasteiger partial charge in [-0.05, 0) is 42.0 Å². The predicted molar refractivity (Wildman–Crippen MR) is 82.9 cm³/mol. The number of carboxylic acid groups (broad SMARTS) is 1. The third-order valence-electron chi connectivity index (χ3n) is 2.92. The van der Waals surface area contributed by atoms with E-state index >= 15 is 0 Å². The van der Waals surface area contributed by atoms with E-state index in [0.29, 0.717) is 13.2 Å². The predicted octanol–water partition coefficient (Wildman–Crippen LogP) is 3.56. The van der Waals surface area contributed by atoms with E-state index in [1.807, 2.05) is 24.3 Å². The van der Waals surface area contributed by atoms with Gasteiger partial charge in [-0.3, -0.25) is 0 Å². The Balaban J connectivity index is 1.90. The summed E-state index contributed by atoms with van der Waals surface area (Å²) in [6, 6.07) is 14.5. The molecule has 2 aromatic carbocycles. The minimum atomic E-state index is -0.920. The van der Waals surface area contributed by atoms with Crippen molar-refractivity contribution in [3.05, 3.63) is 72.3 Å². The van der Waals surface area contributed by atoms with E-state index in [2.05, 4.69) is 11.9 Å². The van der Waals surface area contributed by atoms with Gasteiger partial charge in [-0.15, -0.1) is 0 Å². The zero-order valence-corrected chi connectivity index (χ0v) is 11.6. The molecule has 0 saturated carbocycles. The Morgan fingerprint density at radius 3 is 2.38 bits per heavy atom. The van der Waals surface area contributed by atoms with Crippen molar-refractivity contribution < 1.29 is 14.6 Å². The second-order valence-electron chi connectivity index (χ2n) is 4.48. The third-order valence-corrected chi connectivity index (χ3v) is 2.92. The number of rotatable bonds is 7. The van der Waals surface area contributed by atoms with Crippen LogP contribution in [0.2, 0.25) is 0 Å². The molecule has 21 heavy (non-hydrogen) atoms. The van der Waals surface area contributed by atoms with Crippen molar-refractivity contribution in [1.82, 2.24) is 0 Å². The van der Waals surface area contributed by atoms with Crippen molar-refractivity contribution >= 4 is 11.7 Å². The number of nitrogens with one attached hydrogen (secondary N) is 1. The Labute approximate surface area is 123 Å². The summed E-state index contributed by atoms with van der Waals surface area (Å²) in [5, 5.41) is 12.1. The number of benzene rings is 2. The van der Waals surface area contributed by atoms with Crippen LogP contribution < -0.4 is 10.1 Å². The standard InChI is InChI=1S/C17H17NO3/c1-2-11-21-16-9-3-13(4-10-16)12-18-15-7-5-14(6-8-15)17(19)20/h2-10,18H,1,11-12H2,(H,19,20). The van der Waals surface area contributed by atoms with Crippen molar-refractivity contribution in [1.29, 1.82) is 0 Å². The summed E-state index contributed by atoms with van der Waals surface area (Å²) in [5.41, 5.74) is 2.28. The van der Waals surface area contributed by atoms with Crippen molar-refractivity contribution in [2.75, 3.05) is 11.9 Å². The SMILES string of the molecule is C=CCOc1ccc(CNc2ccc(C(=O)O)cc2)cc1. The number of aromatic carboxylic acids is 1. The summed E-state index contributed by atoms with van der Waals surface area (Å²) in [6.45, 7) is 4.76. The number of hydrogen-bond acceptors (Lipinski definition) is 3.